The predicted octanol–water partition coefficient (Wildman–Crippen LogP) is 4.06. The third-order valence-corrected chi connectivity index (χ3v) is 4.56. The second-order valence-corrected chi connectivity index (χ2v) is 6.54. The average Bonchev–Trinajstić information content (AvgIpc) is 2.31. The zero-order chi connectivity index (χ0) is 12.0. The lowest BCUT2D eigenvalue weighted by atomic mass is 9.93. The molecule has 0 spiro atoms. The predicted molar refractivity (Wildman–Crippen MR) is 83.2 cm³/mol. The minimum Gasteiger partial charge on any atom is -0.398 e. The van der Waals surface area contributed by atoms with E-state index >= 15 is 0 Å². The van der Waals surface area contributed by atoms with E-state index in [0.717, 1.165) is 33.9 Å². The summed E-state index contributed by atoms with van der Waals surface area (Å²) in [7, 11) is 0. The van der Waals surface area contributed by atoms with Crippen LogP contribution in [0.25, 0.3) is 10.9 Å². The molecule has 0 saturated heterocycles. The number of nitrogen functional groups attached to an aromatic ring is 1. The lowest BCUT2D eigenvalue weighted by Crippen LogP contribution is -2.09. The van der Waals surface area contributed by atoms with Gasteiger partial charge in [-0.2, -0.15) is 0 Å². The van der Waals surface area contributed by atoms with Crippen molar-refractivity contribution < 1.29 is 0 Å². The normalized spacial score (nSPS) is 14.9. The van der Waals surface area contributed by atoms with Gasteiger partial charge in [0.05, 0.1) is 5.52 Å². The molecule has 1 aliphatic rings. The molecule has 1 aliphatic carbocycles. The van der Waals surface area contributed by atoms with E-state index in [9.17, 15) is 0 Å². The van der Waals surface area contributed by atoms with Gasteiger partial charge in [0.25, 0.3) is 0 Å². The maximum absolute atomic E-state index is 6.31. The Hall–Kier alpha value is -0.360. The van der Waals surface area contributed by atoms with Gasteiger partial charge >= 0.3 is 0 Å². The van der Waals surface area contributed by atoms with Crippen LogP contribution in [0.2, 0.25) is 0 Å². The molecule has 4 heteroatoms. The van der Waals surface area contributed by atoms with E-state index in [4.69, 9.17) is 10.7 Å². The molecule has 88 valence electrons. The zero-order valence-electron chi connectivity index (χ0n) is 9.26. The van der Waals surface area contributed by atoms with Gasteiger partial charge in [-0.05, 0) is 81.9 Å². The third-order valence-electron chi connectivity index (χ3n) is 3.33. The van der Waals surface area contributed by atoms with Crippen molar-refractivity contribution in [1.82, 2.24) is 4.98 Å². The second-order valence-electron chi connectivity index (χ2n) is 4.44. The van der Waals surface area contributed by atoms with Crippen LogP contribution in [0.15, 0.2) is 16.6 Å². The fourth-order valence-electron chi connectivity index (χ4n) is 2.49. The van der Waals surface area contributed by atoms with E-state index in [1.165, 1.54) is 27.7 Å². The summed E-state index contributed by atoms with van der Waals surface area (Å²) in [6.45, 7) is 0. The van der Waals surface area contributed by atoms with Gasteiger partial charge in [-0.25, -0.2) is 0 Å². The van der Waals surface area contributed by atoms with Crippen molar-refractivity contribution in [3.8, 4) is 0 Å². The molecular weight excluding hydrogens is 391 g/mol. The number of aryl methyl sites for hydroxylation is 1. The number of rotatable bonds is 0. The van der Waals surface area contributed by atoms with Crippen molar-refractivity contribution in [2.45, 2.75) is 25.7 Å². The van der Waals surface area contributed by atoms with Crippen LogP contribution in [0.5, 0.6) is 0 Å². The van der Waals surface area contributed by atoms with Gasteiger partial charge in [0.15, 0.2) is 0 Å². The molecule has 2 N–H and O–H groups in total. The minimum atomic E-state index is 0.934. The first-order valence-electron chi connectivity index (χ1n) is 5.73. The summed E-state index contributed by atoms with van der Waals surface area (Å²) in [4.78, 5) is 4.79. The molecule has 2 nitrogen and oxygen atoms in total. The van der Waals surface area contributed by atoms with Crippen molar-refractivity contribution >= 4 is 55.1 Å². The molecule has 0 unspecified atom stereocenters. The van der Waals surface area contributed by atoms with Crippen molar-refractivity contribution in [3.05, 3.63) is 31.4 Å². The Morgan fingerprint density at radius 3 is 2.82 bits per heavy atom. The molecule has 1 heterocycles. The smallest absolute Gasteiger partial charge is 0.0868 e. The van der Waals surface area contributed by atoms with Crippen LogP contribution in [0.3, 0.4) is 0 Å². The van der Waals surface area contributed by atoms with Gasteiger partial charge in [-0.3, -0.25) is 4.98 Å². The second kappa shape index (κ2) is 4.39. The Kier molecular flexibility index (Phi) is 3.02. The lowest BCUT2D eigenvalue weighted by Gasteiger charge is -2.19. The molecule has 0 saturated carbocycles. The Labute approximate surface area is 122 Å². The van der Waals surface area contributed by atoms with Crippen LogP contribution in [-0.4, -0.2) is 4.98 Å². The van der Waals surface area contributed by atoms with Crippen molar-refractivity contribution in [1.29, 1.82) is 0 Å². The highest BCUT2D eigenvalue weighted by molar-refractivity contribution is 14.1. The van der Waals surface area contributed by atoms with Crippen LogP contribution in [0, 0.1) is 3.57 Å². The summed E-state index contributed by atoms with van der Waals surface area (Å²) in [6.07, 6.45) is 4.60. The van der Waals surface area contributed by atoms with E-state index in [-0.39, 0.29) is 0 Å². The van der Waals surface area contributed by atoms with Crippen LogP contribution >= 0.6 is 38.5 Å². The molecular formula is C13H12BrIN2. The van der Waals surface area contributed by atoms with Crippen molar-refractivity contribution in [3.63, 3.8) is 0 Å². The molecule has 0 atom stereocenters. The first-order chi connectivity index (χ1) is 8.16. The number of pyridine rings is 1. The van der Waals surface area contributed by atoms with E-state index in [1.54, 1.807) is 0 Å². The Balaban J connectivity index is 2.40. The van der Waals surface area contributed by atoms with E-state index in [0.29, 0.717) is 0 Å². The average molecular weight is 403 g/mol. The van der Waals surface area contributed by atoms with Gasteiger partial charge in [-0.1, -0.05) is 0 Å². The quantitative estimate of drug-likeness (QED) is 0.674. The number of anilines is 1. The van der Waals surface area contributed by atoms with Crippen LogP contribution < -0.4 is 5.73 Å². The number of hydrogen-bond acceptors (Lipinski definition) is 2. The topological polar surface area (TPSA) is 38.9 Å². The molecule has 2 aromatic rings. The van der Waals surface area contributed by atoms with Crippen LogP contribution in [0.1, 0.15) is 24.1 Å². The highest BCUT2D eigenvalue weighted by atomic mass is 127. The molecule has 0 aliphatic heterocycles. The van der Waals surface area contributed by atoms with Gasteiger partial charge in [0.2, 0.25) is 0 Å². The molecule has 17 heavy (non-hydrogen) atoms. The first kappa shape index (κ1) is 11.7. The summed E-state index contributed by atoms with van der Waals surface area (Å²) >= 11 is 5.90. The molecule has 0 radical (unpaired) electrons. The van der Waals surface area contributed by atoms with Crippen LogP contribution in [-0.2, 0) is 12.8 Å². The van der Waals surface area contributed by atoms with Gasteiger partial charge in [0.1, 0.15) is 0 Å². The molecule has 1 aromatic heterocycles. The largest absolute Gasteiger partial charge is 0.398 e. The summed E-state index contributed by atoms with van der Waals surface area (Å²) < 4.78 is 2.23. The highest BCUT2D eigenvalue weighted by Crippen LogP contribution is 2.35. The summed E-state index contributed by atoms with van der Waals surface area (Å²) in [5.41, 5.74) is 10.7. The number of aromatic nitrogens is 1. The zero-order valence-corrected chi connectivity index (χ0v) is 13.0. The Morgan fingerprint density at radius 2 is 2.00 bits per heavy atom. The van der Waals surface area contributed by atoms with E-state index < -0.39 is 0 Å². The maximum Gasteiger partial charge on any atom is 0.0868 e. The number of benzene rings is 1. The molecule has 3 rings (SSSR count). The monoisotopic (exact) mass is 402 g/mol. The maximum atomic E-state index is 6.31. The number of nitrogens with zero attached hydrogens (tertiary/aromatic N) is 1. The number of hydrogen-bond donors (Lipinski definition) is 1. The van der Waals surface area contributed by atoms with Gasteiger partial charge in [0, 0.05) is 24.8 Å². The lowest BCUT2D eigenvalue weighted by molar-refractivity contribution is 0.673. The number of nitrogens with two attached hydrogens (primary N) is 1. The molecule has 0 fully saturated rings. The van der Waals surface area contributed by atoms with E-state index in [1.807, 2.05) is 0 Å². The Morgan fingerprint density at radius 1 is 1.24 bits per heavy atom. The standard InChI is InChI=1S/C13H12BrIN2/c14-10-6-7(15)5-9-12(16)8-3-1-2-4-11(8)17-13(9)10/h5-6H,1-4H2,(H2,16,17). The van der Waals surface area contributed by atoms with Crippen molar-refractivity contribution in [2.75, 3.05) is 5.73 Å². The van der Waals surface area contributed by atoms with Crippen molar-refractivity contribution in [2.24, 2.45) is 0 Å². The van der Waals surface area contributed by atoms with E-state index in [2.05, 4.69) is 50.7 Å². The summed E-state index contributed by atoms with van der Waals surface area (Å²) in [5.74, 6) is 0. The fraction of sp³-hybridized carbons (Fsp3) is 0.308. The van der Waals surface area contributed by atoms with Crippen LogP contribution in [0.4, 0.5) is 5.69 Å². The SMILES string of the molecule is Nc1c2c(nc3c(Br)cc(I)cc13)CCCC2. The Bertz CT molecular complexity index is 610. The molecule has 0 bridgehead atoms. The molecule has 0 amide bonds. The fourth-order valence-corrected chi connectivity index (χ4v) is 4.08. The molecule has 1 aromatic carbocycles. The van der Waals surface area contributed by atoms with Gasteiger partial charge < -0.3 is 5.73 Å². The highest BCUT2D eigenvalue weighted by Gasteiger charge is 2.17. The minimum absolute atomic E-state index is 0.934. The number of halogens is 2. The first-order valence-corrected chi connectivity index (χ1v) is 7.60. The summed E-state index contributed by atoms with van der Waals surface area (Å²) in [5, 5.41) is 1.09. The number of fused-ring (bicyclic) bond motifs is 2. The van der Waals surface area contributed by atoms with Gasteiger partial charge in [-0.15, -0.1) is 0 Å². The third kappa shape index (κ3) is 1.95. The summed E-state index contributed by atoms with van der Waals surface area (Å²) in [6, 6.07) is 4.21.